The summed E-state index contributed by atoms with van der Waals surface area (Å²) in [6.07, 6.45) is 3.64. The van der Waals surface area contributed by atoms with Crippen LogP contribution in [0.4, 0.5) is 0 Å². The summed E-state index contributed by atoms with van der Waals surface area (Å²) in [4.78, 5) is 5.08. The highest BCUT2D eigenvalue weighted by atomic mass is 79.9. The van der Waals surface area contributed by atoms with Gasteiger partial charge in [-0.25, -0.2) is 4.98 Å². The lowest BCUT2D eigenvalue weighted by Gasteiger charge is -2.34. The highest BCUT2D eigenvalue weighted by molar-refractivity contribution is 9.10. The third-order valence-corrected chi connectivity index (χ3v) is 4.92. The van der Waals surface area contributed by atoms with E-state index in [2.05, 4.69) is 20.9 Å². The van der Waals surface area contributed by atoms with Gasteiger partial charge in [-0.1, -0.05) is 0 Å². The monoisotopic (exact) mass is 291 g/mol. The van der Waals surface area contributed by atoms with Gasteiger partial charge in [-0.15, -0.1) is 11.3 Å². The fourth-order valence-corrected chi connectivity index (χ4v) is 3.79. The van der Waals surface area contributed by atoms with Crippen LogP contribution in [0, 0.1) is 0 Å². The van der Waals surface area contributed by atoms with Gasteiger partial charge in [0.2, 0.25) is 0 Å². The van der Waals surface area contributed by atoms with Gasteiger partial charge >= 0.3 is 0 Å². The van der Waals surface area contributed by atoms with Gasteiger partial charge in [0, 0.05) is 7.11 Å². The molecule has 1 aliphatic rings. The van der Waals surface area contributed by atoms with Crippen LogP contribution in [0.5, 0.6) is 0 Å². The van der Waals surface area contributed by atoms with Crippen molar-refractivity contribution in [2.75, 3.05) is 7.11 Å². The summed E-state index contributed by atoms with van der Waals surface area (Å²) in [5.41, 5.74) is 1.06. The first-order valence-corrected chi connectivity index (χ1v) is 6.67. The second kappa shape index (κ2) is 4.49. The fourth-order valence-electron chi connectivity index (χ4n) is 2.07. The second-order valence-corrected chi connectivity index (χ2v) is 5.54. The fraction of sp³-hybridized carbons (Fsp3) is 0.700. The molecule has 1 aliphatic carbocycles. The van der Waals surface area contributed by atoms with Gasteiger partial charge in [0.05, 0.1) is 16.5 Å². The largest absolute Gasteiger partial charge is 0.384 e. The molecule has 5 heteroatoms. The number of hydrogen-bond acceptors (Lipinski definition) is 4. The van der Waals surface area contributed by atoms with E-state index in [0.717, 1.165) is 35.2 Å². The Morgan fingerprint density at radius 2 is 2.27 bits per heavy atom. The summed E-state index contributed by atoms with van der Waals surface area (Å²) in [6.45, 7) is 0. The lowest BCUT2D eigenvalue weighted by atomic mass is 9.82. The van der Waals surface area contributed by atoms with Crippen LogP contribution >= 0.6 is 27.3 Å². The first kappa shape index (κ1) is 11.5. The SMILES string of the molecule is COC1CCC(O)(c2scnc2Br)CC1. The number of rotatable bonds is 2. The van der Waals surface area contributed by atoms with Crippen LogP contribution in [0.25, 0.3) is 0 Å². The summed E-state index contributed by atoms with van der Waals surface area (Å²) < 4.78 is 6.08. The molecule has 1 saturated carbocycles. The zero-order valence-electron chi connectivity index (χ0n) is 8.57. The highest BCUT2D eigenvalue weighted by Gasteiger charge is 2.37. The molecule has 0 unspecified atom stereocenters. The number of nitrogens with zero attached hydrogens (tertiary/aromatic N) is 1. The first-order chi connectivity index (χ1) is 7.15. The Labute approximate surface area is 102 Å². The van der Waals surface area contributed by atoms with Crippen molar-refractivity contribution < 1.29 is 9.84 Å². The van der Waals surface area contributed by atoms with E-state index in [-0.39, 0.29) is 0 Å². The van der Waals surface area contributed by atoms with Crippen molar-refractivity contribution in [3.05, 3.63) is 15.0 Å². The molecular formula is C10H14BrNO2S. The number of aliphatic hydroxyl groups is 1. The maximum atomic E-state index is 10.5. The standard InChI is InChI=1S/C10H14BrNO2S/c1-14-7-2-4-10(13,5-3-7)8-9(11)12-6-15-8/h6-7,13H,2-5H2,1H3. The number of thiazole rings is 1. The zero-order valence-corrected chi connectivity index (χ0v) is 11.0. The molecule has 1 fully saturated rings. The Bertz CT molecular complexity index is 334. The molecule has 0 radical (unpaired) electrons. The van der Waals surface area contributed by atoms with Crippen molar-refractivity contribution in [1.29, 1.82) is 0 Å². The smallest absolute Gasteiger partial charge is 0.123 e. The normalized spacial score (nSPS) is 31.8. The summed E-state index contributed by atoms with van der Waals surface area (Å²) in [5.74, 6) is 0. The van der Waals surface area contributed by atoms with Gasteiger partial charge in [0.1, 0.15) is 10.2 Å². The minimum atomic E-state index is -0.699. The summed E-state index contributed by atoms with van der Waals surface area (Å²) in [7, 11) is 1.73. The number of aromatic nitrogens is 1. The van der Waals surface area contributed by atoms with Crippen LogP contribution in [-0.2, 0) is 10.3 Å². The Hall–Kier alpha value is 0.0300. The number of halogens is 1. The summed E-state index contributed by atoms with van der Waals surface area (Å²) in [6, 6.07) is 0. The first-order valence-electron chi connectivity index (χ1n) is 5.00. The Morgan fingerprint density at radius 1 is 1.60 bits per heavy atom. The lowest BCUT2D eigenvalue weighted by Crippen LogP contribution is -2.33. The number of methoxy groups -OCH3 is 1. The third kappa shape index (κ3) is 2.25. The van der Waals surface area contributed by atoms with E-state index in [4.69, 9.17) is 4.74 Å². The minimum Gasteiger partial charge on any atom is -0.384 e. The van der Waals surface area contributed by atoms with Gasteiger partial charge in [0.25, 0.3) is 0 Å². The van der Waals surface area contributed by atoms with Gasteiger partial charge in [-0.3, -0.25) is 0 Å². The van der Waals surface area contributed by atoms with Gasteiger partial charge in [0.15, 0.2) is 0 Å². The van der Waals surface area contributed by atoms with Crippen LogP contribution in [0.3, 0.4) is 0 Å². The van der Waals surface area contributed by atoms with E-state index in [1.807, 2.05) is 0 Å². The molecule has 0 aliphatic heterocycles. The van der Waals surface area contributed by atoms with Crippen molar-refractivity contribution in [3.63, 3.8) is 0 Å². The molecule has 1 heterocycles. The molecule has 3 nitrogen and oxygen atoms in total. The van der Waals surface area contributed by atoms with E-state index in [1.54, 1.807) is 12.6 Å². The van der Waals surface area contributed by atoms with Gasteiger partial charge < -0.3 is 9.84 Å². The van der Waals surface area contributed by atoms with E-state index in [9.17, 15) is 5.11 Å². The third-order valence-electron chi connectivity index (χ3n) is 3.04. The number of ether oxygens (including phenoxy) is 1. The Balaban J connectivity index is 2.13. The van der Waals surface area contributed by atoms with Crippen molar-refractivity contribution in [2.24, 2.45) is 0 Å². The topological polar surface area (TPSA) is 42.4 Å². The van der Waals surface area contributed by atoms with Crippen molar-refractivity contribution in [3.8, 4) is 0 Å². The summed E-state index contributed by atoms with van der Waals surface area (Å²) >= 11 is 4.89. The average molecular weight is 292 g/mol. The second-order valence-electron chi connectivity index (χ2n) is 3.94. The van der Waals surface area contributed by atoms with Crippen LogP contribution in [0.15, 0.2) is 10.1 Å². The summed E-state index contributed by atoms with van der Waals surface area (Å²) in [5, 5.41) is 10.5. The molecule has 0 aromatic carbocycles. The maximum Gasteiger partial charge on any atom is 0.123 e. The molecule has 1 N–H and O–H groups in total. The maximum absolute atomic E-state index is 10.5. The molecule has 0 atom stereocenters. The van der Waals surface area contributed by atoms with E-state index >= 15 is 0 Å². The Kier molecular flexibility index (Phi) is 3.45. The van der Waals surface area contributed by atoms with Crippen molar-refractivity contribution in [1.82, 2.24) is 4.98 Å². The minimum absolute atomic E-state index is 0.303. The highest BCUT2D eigenvalue weighted by Crippen LogP contribution is 2.42. The lowest BCUT2D eigenvalue weighted by molar-refractivity contribution is -0.0456. The molecule has 0 spiro atoms. The molecule has 0 amide bonds. The van der Waals surface area contributed by atoms with Crippen LogP contribution in [0.1, 0.15) is 30.6 Å². The van der Waals surface area contributed by atoms with Crippen molar-refractivity contribution in [2.45, 2.75) is 37.4 Å². The molecule has 0 bridgehead atoms. The molecule has 2 rings (SSSR count). The molecule has 1 aromatic heterocycles. The predicted molar refractivity (Wildman–Crippen MR) is 63.0 cm³/mol. The average Bonchev–Trinajstić information content (AvgIpc) is 2.66. The van der Waals surface area contributed by atoms with Gasteiger partial charge in [-0.05, 0) is 41.6 Å². The van der Waals surface area contributed by atoms with Crippen LogP contribution in [-0.4, -0.2) is 23.3 Å². The molecular weight excluding hydrogens is 278 g/mol. The molecule has 0 saturated heterocycles. The van der Waals surface area contributed by atoms with Crippen LogP contribution < -0.4 is 0 Å². The number of hydrogen-bond donors (Lipinski definition) is 1. The molecule has 1 aromatic rings. The van der Waals surface area contributed by atoms with E-state index in [0.29, 0.717) is 6.10 Å². The zero-order chi connectivity index (χ0) is 10.9. The van der Waals surface area contributed by atoms with Crippen LogP contribution in [0.2, 0.25) is 0 Å². The van der Waals surface area contributed by atoms with E-state index in [1.165, 1.54) is 11.3 Å². The quantitative estimate of drug-likeness (QED) is 0.911. The predicted octanol–water partition coefficient (Wildman–Crippen LogP) is 2.68. The molecule has 84 valence electrons. The van der Waals surface area contributed by atoms with Gasteiger partial charge in [-0.2, -0.15) is 0 Å². The van der Waals surface area contributed by atoms with Crippen molar-refractivity contribution >= 4 is 27.3 Å². The molecule has 15 heavy (non-hydrogen) atoms. The van der Waals surface area contributed by atoms with E-state index < -0.39 is 5.60 Å². The Morgan fingerprint density at radius 3 is 2.73 bits per heavy atom.